The zero-order chi connectivity index (χ0) is 9.23. The average molecular weight is 185 g/mol. The van der Waals surface area contributed by atoms with E-state index in [0.717, 1.165) is 6.42 Å². The highest BCUT2D eigenvalue weighted by molar-refractivity contribution is 7.80. The van der Waals surface area contributed by atoms with Crippen LogP contribution in [-0.2, 0) is 0 Å². The number of thiocarbonyl (C=S) groups is 1. The summed E-state index contributed by atoms with van der Waals surface area (Å²) in [6, 6.07) is 0. The van der Waals surface area contributed by atoms with Gasteiger partial charge in [-0.05, 0) is 18.9 Å². The molecule has 0 aromatic carbocycles. The first-order valence-corrected chi connectivity index (χ1v) is 5.14. The minimum Gasteiger partial charge on any atom is -0.390 e. The Kier molecular flexibility index (Phi) is 8.46. The largest absolute Gasteiger partial charge is 0.390 e. The maximum atomic E-state index is 5.30. The minimum absolute atomic E-state index is 0.489. The van der Waals surface area contributed by atoms with E-state index >= 15 is 0 Å². The van der Waals surface area contributed by atoms with Crippen molar-refractivity contribution in [2.45, 2.75) is 45.4 Å². The van der Waals surface area contributed by atoms with Crippen molar-refractivity contribution in [2.75, 3.05) is 0 Å². The van der Waals surface area contributed by atoms with Crippen LogP contribution in [0, 0.1) is 0 Å². The lowest BCUT2D eigenvalue weighted by Gasteiger charge is -1.95. The minimum atomic E-state index is 0.489. The highest BCUT2D eigenvalue weighted by Crippen LogP contribution is 2.04. The van der Waals surface area contributed by atoms with E-state index in [9.17, 15) is 0 Å². The molecule has 0 saturated heterocycles. The molecular weight excluding hydrogens is 166 g/mol. The first kappa shape index (κ1) is 11.6. The molecule has 0 aliphatic heterocycles. The van der Waals surface area contributed by atoms with E-state index in [4.69, 9.17) is 18.0 Å². The second-order valence-corrected chi connectivity index (χ2v) is 3.48. The van der Waals surface area contributed by atoms with Crippen molar-refractivity contribution in [1.82, 2.24) is 0 Å². The molecule has 70 valence electrons. The molecule has 0 atom stereocenters. The van der Waals surface area contributed by atoms with Crippen LogP contribution >= 0.6 is 12.2 Å². The van der Waals surface area contributed by atoms with Crippen molar-refractivity contribution >= 4 is 17.2 Å². The van der Waals surface area contributed by atoms with Crippen LogP contribution < -0.4 is 5.73 Å². The quantitative estimate of drug-likeness (QED) is 0.374. The lowest BCUT2D eigenvalue weighted by atomic mass is 10.1. The van der Waals surface area contributed by atoms with Gasteiger partial charge in [0.15, 0.2) is 0 Å². The number of allylic oxidation sites excluding steroid dienone is 1. The summed E-state index contributed by atoms with van der Waals surface area (Å²) in [5, 5.41) is 0. The van der Waals surface area contributed by atoms with Crippen LogP contribution in [0.2, 0.25) is 0 Å². The van der Waals surface area contributed by atoms with Gasteiger partial charge in [0.1, 0.15) is 0 Å². The van der Waals surface area contributed by atoms with Crippen LogP contribution in [0.15, 0.2) is 12.2 Å². The molecule has 1 nitrogen and oxygen atoms in total. The molecule has 12 heavy (non-hydrogen) atoms. The van der Waals surface area contributed by atoms with Gasteiger partial charge in [0.05, 0.1) is 4.99 Å². The number of rotatable bonds is 7. The Morgan fingerprint density at radius 2 is 1.92 bits per heavy atom. The molecule has 0 unspecified atom stereocenters. The Morgan fingerprint density at radius 1 is 1.25 bits per heavy atom. The molecule has 0 aromatic heterocycles. The molecule has 0 heterocycles. The Morgan fingerprint density at radius 3 is 2.50 bits per heavy atom. The standard InChI is InChI=1S/C10H19NS/c1-2-3-4-5-6-7-8-9-10(11)12/h8-9H,2-7H2,1H3,(H2,11,12)/b9-8+. The molecule has 0 rings (SSSR count). The molecule has 0 aliphatic rings. The third kappa shape index (κ3) is 9.63. The summed E-state index contributed by atoms with van der Waals surface area (Å²) in [7, 11) is 0. The van der Waals surface area contributed by atoms with Gasteiger partial charge in [0.25, 0.3) is 0 Å². The fraction of sp³-hybridized carbons (Fsp3) is 0.700. The molecule has 2 N–H and O–H groups in total. The summed E-state index contributed by atoms with van der Waals surface area (Å²) in [6.45, 7) is 2.23. The van der Waals surface area contributed by atoms with Gasteiger partial charge in [-0.2, -0.15) is 0 Å². The Balaban J connectivity index is 3.05. The number of nitrogens with two attached hydrogens (primary N) is 1. The summed E-state index contributed by atoms with van der Waals surface area (Å²) in [5.41, 5.74) is 5.30. The van der Waals surface area contributed by atoms with E-state index in [1.165, 1.54) is 32.1 Å². The van der Waals surface area contributed by atoms with Gasteiger partial charge in [0.2, 0.25) is 0 Å². The molecular formula is C10H19NS. The zero-order valence-corrected chi connectivity index (χ0v) is 8.70. The molecule has 0 radical (unpaired) electrons. The predicted molar refractivity (Wildman–Crippen MR) is 59.3 cm³/mol. The summed E-state index contributed by atoms with van der Waals surface area (Å²) in [4.78, 5) is 0.489. The van der Waals surface area contributed by atoms with Gasteiger partial charge >= 0.3 is 0 Å². The maximum Gasteiger partial charge on any atom is 0.0958 e. The van der Waals surface area contributed by atoms with Crippen LogP contribution in [0.5, 0.6) is 0 Å². The van der Waals surface area contributed by atoms with Crippen molar-refractivity contribution < 1.29 is 0 Å². The van der Waals surface area contributed by atoms with E-state index in [-0.39, 0.29) is 0 Å². The molecule has 0 spiro atoms. The molecule has 0 amide bonds. The summed E-state index contributed by atoms with van der Waals surface area (Å²) in [5.74, 6) is 0. The Hall–Kier alpha value is -0.370. The third-order valence-corrected chi connectivity index (χ3v) is 1.89. The molecule has 0 aromatic rings. The molecule has 0 saturated carbocycles. The van der Waals surface area contributed by atoms with Gasteiger partial charge in [-0.25, -0.2) is 0 Å². The first-order valence-electron chi connectivity index (χ1n) is 4.73. The normalized spacial score (nSPS) is 10.8. The zero-order valence-electron chi connectivity index (χ0n) is 7.88. The number of hydrogen-bond donors (Lipinski definition) is 1. The van der Waals surface area contributed by atoms with Crippen LogP contribution in [0.4, 0.5) is 0 Å². The first-order chi connectivity index (χ1) is 5.77. The van der Waals surface area contributed by atoms with Gasteiger partial charge in [0, 0.05) is 0 Å². The summed E-state index contributed by atoms with van der Waals surface area (Å²) < 4.78 is 0. The van der Waals surface area contributed by atoms with E-state index < -0.39 is 0 Å². The van der Waals surface area contributed by atoms with Gasteiger partial charge in [-0.3, -0.25) is 0 Å². The van der Waals surface area contributed by atoms with Crippen LogP contribution in [-0.4, -0.2) is 4.99 Å². The molecule has 0 bridgehead atoms. The smallest absolute Gasteiger partial charge is 0.0958 e. The SMILES string of the molecule is CCCCCCC/C=C/C(N)=S. The summed E-state index contributed by atoms with van der Waals surface area (Å²) >= 11 is 4.71. The van der Waals surface area contributed by atoms with Gasteiger partial charge in [-0.15, -0.1) is 0 Å². The van der Waals surface area contributed by atoms with Crippen molar-refractivity contribution in [3.05, 3.63) is 12.2 Å². The van der Waals surface area contributed by atoms with Crippen LogP contribution in [0.1, 0.15) is 45.4 Å². The molecule has 0 aliphatic carbocycles. The topological polar surface area (TPSA) is 26.0 Å². The lowest BCUT2D eigenvalue weighted by molar-refractivity contribution is 0.637. The van der Waals surface area contributed by atoms with E-state index in [0.29, 0.717) is 4.99 Å². The average Bonchev–Trinajstić information content (AvgIpc) is 2.02. The van der Waals surface area contributed by atoms with Crippen molar-refractivity contribution in [1.29, 1.82) is 0 Å². The lowest BCUT2D eigenvalue weighted by Crippen LogP contribution is -2.01. The monoisotopic (exact) mass is 185 g/mol. The van der Waals surface area contributed by atoms with Gasteiger partial charge in [-0.1, -0.05) is 50.9 Å². The fourth-order valence-electron chi connectivity index (χ4n) is 1.07. The van der Waals surface area contributed by atoms with Crippen molar-refractivity contribution in [2.24, 2.45) is 5.73 Å². The molecule has 2 heteroatoms. The predicted octanol–water partition coefficient (Wildman–Crippen LogP) is 3.19. The van der Waals surface area contributed by atoms with Crippen molar-refractivity contribution in [3.63, 3.8) is 0 Å². The third-order valence-electron chi connectivity index (χ3n) is 1.76. The van der Waals surface area contributed by atoms with E-state index in [1.54, 1.807) is 0 Å². The van der Waals surface area contributed by atoms with E-state index in [1.807, 2.05) is 6.08 Å². The van der Waals surface area contributed by atoms with Crippen LogP contribution in [0.3, 0.4) is 0 Å². The Bertz CT molecular complexity index is 141. The fourth-order valence-corrected chi connectivity index (χ4v) is 1.16. The highest BCUT2D eigenvalue weighted by atomic mass is 32.1. The van der Waals surface area contributed by atoms with Crippen molar-refractivity contribution in [3.8, 4) is 0 Å². The van der Waals surface area contributed by atoms with Crippen LogP contribution in [0.25, 0.3) is 0 Å². The van der Waals surface area contributed by atoms with Gasteiger partial charge < -0.3 is 5.73 Å². The number of hydrogen-bond acceptors (Lipinski definition) is 1. The highest BCUT2D eigenvalue weighted by Gasteiger charge is 1.86. The molecule has 0 fully saturated rings. The maximum absolute atomic E-state index is 5.30. The Labute approximate surface area is 81.0 Å². The second-order valence-electron chi connectivity index (χ2n) is 3.01. The summed E-state index contributed by atoms with van der Waals surface area (Å²) in [6.07, 6.45) is 11.6. The van der Waals surface area contributed by atoms with E-state index in [2.05, 4.69) is 13.0 Å². The number of unbranched alkanes of at least 4 members (excludes halogenated alkanes) is 5. The second kappa shape index (κ2) is 8.72.